The smallest absolute Gasteiger partial charge is 0.320 e. The average molecular weight is 419 g/mol. The van der Waals surface area contributed by atoms with E-state index in [0.717, 1.165) is 10.7 Å². The van der Waals surface area contributed by atoms with Crippen LogP contribution in [-0.4, -0.2) is 25.7 Å². The first kappa shape index (κ1) is 21.3. The summed E-state index contributed by atoms with van der Waals surface area (Å²) >= 11 is 0. The number of benzene rings is 1. The molecule has 0 aliphatic heterocycles. The molecular formula is C20H20F3N5O2. The molecule has 0 saturated carbocycles. The van der Waals surface area contributed by atoms with Crippen LogP contribution < -0.4 is 10.9 Å². The van der Waals surface area contributed by atoms with Gasteiger partial charge in [-0.15, -0.1) is 0 Å². The number of hydrogen-bond acceptors (Lipinski definition) is 4. The van der Waals surface area contributed by atoms with Gasteiger partial charge in [-0.25, -0.2) is 4.98 Å². The van der Waals surface area contributed by atoms with Crippen LogP contribution in [0.4, 0.5) is 18.9 Å². The molecule has 158 valence electrons. The van der Waals surface area contributed by atoms with Gasteiger partial charge >= 0.3 is 6.18 Å². The van der Waals surface area contributed by atoms with E-state index < -0.39 is 17.6 Å². The first-order valence-corrected chi connectivity index (χ1v) is 9.18. The number of alkyl halides is 3. The van der Waals surface area contributed by atoms with Gasteiger partial charge in [0.1, 0.15) is 5.69 Å². The quantitative estimate of drug-likeness (QED) is 0.674. The van der Waals surface area contributed by atoms with Crippen molar-refractivity contribution in [2.75, 3.05) is 5.32 Å². The topological polar surface area (TPSA) is 92.7 Å². The minimum atomic E-state index is -4.63. The number of nitrogens with one attached hydrogen (secondary N) is 2. The number of aryl methyl sites for hydroxylation is 2. The van der Waals surface area contributed by atoms with Crippen LogP contribution in [0.2, 0.25) is 0 Å². The summed E-state index contributed by atoms with van der Waals surface area (Å²) in [6, 6.07) is 4.69. The predicted octanol–water partition coefficient (Wildman–Crippen LogP) is 3.71. The Hall–Kier alpha value is -3.43. The SMILES string of the molecule is CCc1c(C)nc(-n2nc(C)c(C)c2C(=O)Nc2ccccc2C(F)(F)F)[nH]c1=O. The van der Waals surface area contributed by atoms with Crippen molar-refractivity contribution in [3.63, 3.8) is 0 Å². The van der Waals surface area contributed by atoms with Gasteiger partial charge in [0.2, 0.25) is 5.95 Å². The Morgan fingerprint density at radius 3 is 2.43 bits per heavy atom. The van der Waals surface area contributed by atoms with E-state index in [9.17, 15) is 22.8 Å². The second-order valence-electron chi connectivity index (χ2n) is 6.78. The third kappa shape index (κ3) is 3.85. The number of aromatic amines is 1. The zero-order valence-corrected chi connectivity index (χ0v) is 16.8. The van der Waals surface area contributed by atoms with Crippen LogP contribution in [0.3, 0.4) is 0 Å². The molecule has 2 heterocycles. The number of para-hydroxylation sites is 1. The van der Waals surface area contributed by atoms with E-state index in [2.05, 4.69) is 20.4 Å². The fourth-order valence-electron chi connectivity index (χ4n) is 3.16. The highest BCUT2D eigenvalue weighted by atomic mass is 19.4. The van der Waals surface area contributed by atoms with Crippen LogP contribution in [0.15, 0.2) is 29.1 Å². The van der Waals surface area contributed by atoms with Crippen molar-refractivity contribution in [2.24, 2.45) is 0 Å². The number of nitrogens with zero attached hydrogens (tertiary/aromatic N) is 3. The maximum atomic E-state index is 13.3. The van der Waals surface area contributed by atoms with E-state index in [1.54, 1.807) is 20.8 Å². The summed E-state index contributed by atoms with van der Waals surface area (Å²) in [4.78, 5) is 32.2. The zero-order valence-electron chi connectivity index (χ0n) is 16.8. The second kappa shape index (κ2) is 7.77. The normalized spacial score (nSPS) is 11.6. The lowest BCUT2D eigenvalue weighted by atomic mass is 10.1. The summed E-state index contributed by atoms with van der Waals surface area (Å²) in [5.74, 6) is -0.787. The maximum Gasteiger partial charge on any atom is 0.418 e. The summed E-state index contributed by atoms with van der Waals surface area (Å²) in [5, 5.41) is 6.56. The minimum Gasteiger partial charge on any atom is -0.320 e. The van der Waals surface area contributed by atoms with Crippen LogP contribution in [0.1, 0.15) is 45.5 Å². The Labute approximate surface area is 170 Å². The minimum absolute atomic E-state index is 0.0140. The fourth-order valence-corrected chi connectivity index (χ4v) is 3.16. The van der Waals surface area contributed by atoms with Crippen LogP contribution in [0, 0.1) is 20.8 Å². The van der Waals surface area contributed by atoms with Crippen molar-refractivity contribution in [3.05, 3.63) is 68.4 Å². The number of anilines is 1. The lowest BCUT2D eigenvalue weighted by Crippen LogP contribution is -2.24. The molecule has 7 nitrogen and oxygen atoms in total. The first-order valence-electron chi connectivity index (χ1n) is 9.18. The van der Waals surface area contributed by atoms with Gasteiger partial charge in [-0.2, -0.15) is 23.0 Å². The van der Waals surface area contributed by atoms with Crippen LogP contribution in [-0.2, 0) is 12.6 Å². The number of amides is 1. The molecule has 0 aliphatic carbocycles. The largest absolute Gasteiger partial charge is 0.418 e. The number of carbonyl (C=O) groups is 1. The fraction of sp³-hybridized carbons (Fsp3) is 0.300. The third-order valence-corrected chi connectivity index (χ3v) is 4.82. The van der Waals surface area contributed by atoms with Crippen molar-refractivity contribution in [3.8, 4) is 5.95 Å². The monoisotopic (exact) mass is 419 g/mol. The summed E-state index contributed by atoms with van der Waals surface area (Å²) in [7, 11) is 0. The van der Waals surface area contributed by atoms with E-state index in [1.807, 2.05) is 6.92 Å². The number of carbonyl (C=O) groups excluding carboxylic acids is 1. The number of aromatic nitrogens is 4. The average Bonchev–Trinajstić information content (AvgIpc) is 2.96. The Morgan fingerprint density at radius 2 is 1.83 bits per heavy atom. The molecule has 0 aliphatic rings. The number of H-pyrrole nitrogens is 1. The highest BCUT2D eigenvalue weighted by molar-refractivity contribution is 6.05. The van der Waals surface area contributed by atoms with Crippen LogP contribution >= 0.6 is 0 Å². The number of rotatable bonds is 4. The Morgan fingerprint density at radius 1 is 1.17 bits per heavy atom. The molecule has 2 N–H and O–H groups in total. The van der Waals surface area contributed by atoms with Crippen LogP contribution in [0.25, 0.3) is 5.95 Å². The molecule has 1 amide bonds. The Balaban J connectivity index is 2.09. The standard InChI is InChI=1S/C20H20F3N5O2/c1-5-13-12(4)24-19(26-17(13)29)28-16(10(2)11(3)27-28)18(30)25-15-9-7-6-8-14(15)20(21,22)23/h6-9H,5H2,1-4H3,(H,25,30)(H,24,26,29). The number of halogens is 3. The summed E-state index contributed by atoms with van der Waals surface area (Å²) in [6.07, 6.45) is -4.15. The first-order chi connectivity index (χ1) is 14.0. The molecule has 0 spiro atoms. The van der Waals surface area contributed by atoms with Crippen molar-refractivity contribution in [1.82, 2.24) is 19.7 Å². The zero-order chi connectivity index (χ0) is 22.2. The lowest BCUT2D eigenvalue weighted by Gasteiger charge is -2.14. The van der Waals surface area contributed by atoms with Gasteiger partial charge in [-0.1, -0.05) is 19.1 Å². The number of hydrogen-bond donors (Lipinski definition) is 2. The van der Waals surface area contributed by atoms with E-state index >= 15 is 0 Å². The molecular weight excluding hydrogens is 399 g/mol. The van der Waals surface area contributed by atoms with Gasteiger partial charge in [-0.05, 0) is 39.3 Å². The van der Waals surface area contributed by atoms with E-state index in [4.69, 9.17) is 0 Å². The van der Waals surface area contributed by atoms with Crippen molar-refractivity contribution in [2.45, 2.75) is 40.3 Å². The molecule has 3 rings (SSSR count). The molecule has 30 heavy (non-hydrogen) atoms. The van der Waals surface area contributed by atoms with E-state index in [-0.39, 0.29) is 22.9 Å². The third-order valence-electron chi connectivity index (χ3n) is 4.82. The molecule has 10 heteroatoms. The molecule has 3 aromatic rings. The summed E-state index contributed by atoms with van der Waals surface area (Å²) in [5.41, 5.74) is 0.198. The van der Waals surface area contributed by atoms with Gasteiger partial charge < -0.3 is 5.32 Å². The second-order valence-corrected chi connectivity index (χ2v) is 6.78. The molecule has 0 atom stereocenters. The van der Waals surface area contributed by atoms with Gasteiger partial charge in [0.25, 0.3) is 11.5 Å². The highest BCUT2D eigenvalue weighted by Gasteiger charge is 2.34. The van der Waals surface area contributed by atoms with Gasteiger partial charge in [-0.3, -0.25) is 14.6 Å². The van der Waals surface area contributed by atoms with Crippen molar-refractivity contribution < 1.29 is 18.0 Å². The van der Waals surface area contributed by atoms with Crippen molar-refractivity contribution in [1.29, 1.82) is 0 Å². The Kier molecular flexibility index (Phi) is 5.51. The highest BCUT2D eigenvalue weighted by Crippen LogP contribution is 2.34. The van der Waals surface area contributed by atoms with Crippen LogP contribution in [0.5, 0.6) is 0 Å². The molecule has 1 aromatic carbocycles. The summed E-state index contributed by atoms with van der Waals surface area (Å²) < 4.78 is 41.0. The molecule has 0 fully saturated rings. The lowest BCUT2D eigenvalue weighted by molar-refractivity contribution is -0.136. The summed E-state index contributed by atoms with van der Waals surface area (Å²) in [6.45, 7) is 6.75. The molecule has 0 radical (unpaired) electrons. The molecule has 0 unspecified atom stereocenters. The van der Waals surface area contributed by atoms with Gasteiger partial charge in [0.05, 0.1) is 16.9 Å². The Bertz CT molecular complexity index is 1180. The predicted molar refractivity (Wildman–Crippen MR) is 105 cm³/mol. The molecule has 0 saturated heterocycles. The molecule has 0 bridgehead atoms. The van der Waals surface area contributed by atoms with Crippen molar-refractivity contribution >= 4 is 11.6 Å². The van der Waals surface area contributed by atoms with Gasteiger partial charge in [0, 0.05) is 16.8 Å². The maximum absolute atomic E-state index is 13.3. The van der Waals surface area contributed by atoms with E-state index in [1.165, 1.54) is 18.2 Å². The van der Waals surface area contributed by atoms with E-state index in [0.29, 0.717) is 28.9 Å². The molecule has 2 aromatic heterocycles. The van der Waals surface area contributed by atoms with Gasteiger partial charge in [0.15, 0.2) is 0 Å².